The SMILES string of the molecule is Cc1cc2nc3c(=O)[nH]c(=O)nc-3n(CC(OC(=O)C([NH3+])CCCC[NH3+])C(OC(=O)C([NH3+])CCCC[NH3+])C(COC(=O)C([NH3+])CCCC[NH3+])OC(=O)C([NH3+])CCCC[NH3+])c2cc1C. The van der Waals surface area contributed by atoms with E-state index in [0.717, 1.165) is 36.8 Å². The van der Waals surface area contributed by atoms with Crippen molar-refractivity contribution in [1.82, 2.24) is 19.5 Å². The lowest BCUT2D eigenvalue weighted by Gasteiger charge is -2.34. The number of nitrogens with one attached hydrogen (secondary N) is 1. The molecule has 0 amide bonds. The van der Waals surface area contributed by atoms with Gasteiger partial charge in [-0.2, -0.15) is 4.98 Å². The van der Waals surface area contributed by atoms with Crippen LogP contribution in [0.25, 0.3) is 22.6 Å². The minimum Gasteiger partial charge on any atom is -0.457 e. The number of benzene rings is 1. The molecule has 2 aliphatic heterocycles. The molecule has 0 spiro atoms. The number of aromatic amines is 1. The van der Waals surface area contributed by atoms with Crippen molar-refractivity contribution < 1.29 is 84.0 Å². The number of esters is 4. The number of unbranched alkanes of at least 4 members (excludes halogenated alkanes) is 4. The van der Waals surface area contributed by atoms with Crippen LogP contribution in [0.4, 0.5) is 0 Å². The van der Waals surface area contributed by atoms with Crippen LogP contribution in [-0.4, -0.2) is 119 Å². The summed E-state index contributed by atoms with van der Waals surface area (Å²) in [5.41, 5.74) is 32.0. The number of H-pyrrole nitrogens is 1. The number of rotatable bonds is 29. The molecule has 0 saturated heterocycles. The maximum Gasteiger partial charge on any atom is 0.365 e. The molecule has 1 aromatic carbocycles. The van der Waals surface area contributed by atoms with Crippen molar-refractivity contribution in [2.75, 3.05) is 32.8 Å². The van der Waals surface area contributed by atoms with Crippen LogP contribution in [0.1, 0.15) is 88.2 Å². The van der Waals surface area contributed by atoms with Gasteiger partial charge < -0.3 is 69.4 Å². The van der Waals surface area contributed by atoms with Crippen LogP contribution < -0.4 is 57.1 Å². The van der Waals surface area contributed by atoms with Crippen LogP contribution in [0.3, 0.4) is 0 Å². The predicted octanol–water partition coefficient (Wildman–Crippen LogP) is -7.43. The maximum atomic E-state index is 14.1. The molecule has 25 N–H and O–H groups in total. The fourth-order valence-corrected chi connectivity index (χ4v) is 6.95. The molecular weight excluding hydrogens is 821 g/mol. The number of aromatic nitrogens is 4. The van der Waals surface area contributed by atoms with Gasteiger partial charge >= 0.3 is 29.6 Å². The van der Waals surface area contributed by atoms with Crippen molar-refractivity contribution in [1.29, 1.82) is 0 Å². The van der Waals surface area contributed by atoms with E-state index in [0.29, 0.717) is 88.6 Å². The standard InChI is InChI=1S/C41H68N12O10/c1-23-19-29-30(20-24(23)2)53(35-33(50-29)36(54)52-41(59)51-35)21-31(61-38(56)26(47)12-4-8-16-43)34(63-40(58)28(49)14-6-10-18-45)32(62-39(57)27(48)13-5-9-17-44)22-60-37(55)25(46)11-3-7-15-42/h19-20,25-28,31-32,34H,3-18,21-22,42-49H2,1-2H3,(H,52,54,59)/p+8. The van der Waals surface area contributed by atoms with Gasteiger partial charge in [0.1, 0.15) is 6.61 Å². The van der Waals surface area contributed by atoms with Crippen molar-refractivity contribution in [2.24, 2.45) is 0 Å². The van der Waals surface area contributed by atoms with E-state index >= 15 is 0 Å². The van der Waals surface area contributed by atoms with E-state index in [2.05, 4.69) is 60.8 Å². The molecule has 0 bridgehead atoms. The molecule has 0 aromatic heterocycles. The number of fused-ring (bicyclic) bond motifs is 2. The van der Waals surface area contributed by atoms with Gasteiger partial charge in [0.25, 0.3) is 5.56 Å². The summed E-state index contributed by atoms with van der Waals surface area (Å²) in [5, 5.41) is 0. The molecule has 0 fully saturated rings. The van der Waals surface area contributed by atoms with Gasteiger partial charge in [0.15, 0.2) is 54.0 Å². The van der Waals surface area contributed by atoms with Gasteiger partial charge in [-0.25, -0.2) is 29.0 Å². The first kappa shape index (κ1) is 52.4. The van der Waals surface area contributed by atoms with E-state index in [9.17, 15) is 28.8 Å². The van der Waals surface area contributed by atoms with Crippen molar-refractivity contribution in [3.05, 3.63) is 44.1 Å². The molecule has 0 saturated carbocycles. The van der Waals surface area contributed by atoms with Gasteiger partial charge in [0.05, 0.1) is 43.8 Å². The number of aryl methyl sites for hydroxylation is 2. The second-order valence-corrected chi connectivity index (χ2v) is 16.4. The zero-order valence-corrected chi connectivity index (χ0v) is 37.5. The Hall–Kier alpha value is -4.94. The van der Waals surface area contributed by atoms with Crippen LogP contribution in [0.15, 0.2) is 21.7 Å². The fraction of sp³-hybridized carbons (Fsp3) is 0.659. The first-order valence-corrected chi connectivity index (χ1v) is 22.3. The Labute approximate surface area is 366 Å². The van der Waals surface area contributed by atoms with Crippen LogP contribution >= 0.6 is 0 Å². The highest BCUT2D eigenvalue weighted by Crippen LogP contribution is 2.27. The number of carbonyl (C=O) groups is 4. The second-order valence-electron chi connectivity index (χ2n) is 16.4. The van der Waals surface area contributed by atoms with Gasteiger partial charge in [0.2, 0.25) is 0 Å². The number of hydrogen-bond acceptors (Lipinski definition) is 12. The molecule has 7 atom stereocenters. The minimum atomic E-state index is -1.67. The van der Waals surface area contributed by atoms with E-state index in [4.69, 9.17) is 18.9 Å². The molecular formula is C41H76N12O10+8. The Morgan fingerprint density at radius 3 is 1.56 bits per heavy atom. The number of carbonyl (C=O) groups excluding carboxylic acids is 4. The average Bonchev–Trinajstić information content (AvgIpc) is 3.24. The molecule has 7 unspecified atom stereocenters. The Bertz CT molecular complexity index is 2030. The summed E-state index contributed by atoms with van der Waals surface area (Å²) < 4.78 is 25.9. The quantitative estimate of drug-likeness (QED) is 0.0136. The van der Waals surface area contributed by atoms with E-state index in [1.54, 1.807) is 12.1 Å². The topological polar surface area (TPSA) is 407 Å². The predicted molar refractivity (Wildman–Crippen MR) is 224 cm³/mol. The third kappa shape index (κ3) is 16.0. The fourth-order valence-electron chi connectivity index (χ4n) is 6.95. The summed E-state index contributed by atoms with van der Waals surface area (Å²) in [7, 11) is 0. The summed E-state index contributed by atoms with van der Waals surface area (Å²) in [6, 6.07) is 0.0729. The molecule has 63 heavy (non-hydrogen) atoms. The second kappa shape index (κ2) is 26.6. The highest BCUT2D eigenvalue weighted by atomic mass is 16.6. The minimum absolute atomic E-state index is 0.152. The lowest BCUT2D eigenvalue weighted by molar-refractivity contribution is -0.415. The molecule has 0 radical (unpaired) electrons. The molecule has 2 heterocycles. The summed E-state index contributed by atoms with van der Waals surface area (Å²) in [6.45, 7) is 5.30. The van der Waals surface area contributed by atoms with Crippen molar-refractivity contribution >= 4 is 34.9 Å². The number of hydrogen-bond donors (Lipinski definition) is 9. The lowest BCUT2D eigenvalue weighted by Crippen LogP contribution is -2.68. The molecule has 2 aliphatic rings. The zero-order valence-electron chi connectivity index (χ0n) is 37.5. The molecule has 22 heteroatoms. The van der Waals surface area contributed by atoms with Gasteiger partial charge in [0, 0.05) is 25.7 Å². The molecule has 0 aliphatic carbocycles. The highest BCUT2D eigenvalue weighted by Gasteiger charge is 2.43. The van der Waals surface area contributed by atoms with Gasteiger partial charge in [-0.05, 0) is 88.5 Å². The first-order valence-electron chi connectivity index (χ1n) is 22.3. The maximum absolute atomic E-state index is 14.1. The molecule has 3 rings (SSSR count). The zero-order chi connectivity index (χ0) is 46.6. The molecule has 22 nitrogen and oxygen atoms in total. The Kier molecular flexibility index (Phi) is 22.2. The van der Waals surface area contributed by atoms with Crippen LogP contribution in [0.5, 0.6) is 0 Å². The van der Waals surface area contributed by atoms with Gasteiger partial charge in [-0.15, -0.1) is 0 Å². The van der Waals surface area contributed by atoms with Crippen molar-refractivity contribution in [2.45, 2.75) is 140 Å². The highest BCUT2D eigenvalue weighted by molar-refractivity contribution is 5.81. The van der Waals surface area contributed by atoms with Gasteiger partial charge in [-0.1, -0.05) is 0 Å². The first-order chi connectivity index (χ1) is 30.1. The van der Waals surface area contributed by atoms with Gasteiger partial charge in [-0.3, -0.25) is 9.78 Å². The van der Waals surface area contributed by atoms with Crippen molar-refractivity contribution in [3.8, 4) is 11.5 Å². The summed E-state index contributed by atoms with van der Waals surface area (Å²) in [6.07, 6.45) is 2.12. The van der Waals surface area contributed by atoms with Crippen LogP contribution in [0, 0.1) is 13.8 Å². The normalized spacial score (nSPS) is 15.0. The third-order valence-corrected chi connectivity index (χ3v) is 11.0. The Balaban J connectivity index is 2.33. The van der Waals surface area contributed by atoms with E-state index in [-0.39, 0.29) is 11.5 Å². The molecule has 352 valence electrons. The van der Waals surface area contributed by atoms with Crippen LogP contribution in [0.2, 0.25) is 0 Å². The van der Waals surface area contributed by atoms with Crippen molar-refractivity contribution in [3.63, 3.8) is 0 Å². The van der Waals surface area contributed by atoms with E-state index in [1.165, 1.54) is 4.57 Å². The number of quaternary nitrogens is 8. The Morgan fingerprint density at radius 2 is 1.06 bits per heavy atom. The monoisotopic (exact) mass is 897 g/mol. The summed E-state index contributed by atoms with van der Waals surface area (Å²) in [4.78, 5) is 92.6. The smallest absolute Gasteiger partial charge is 0.365 e. The van der Waals surface area contributed by atoms with E-state index in [1.807, 2.05) is 13.8 Å². The average molecular weight is 897 g/mol. The third-order valence-electron chi connectivity index (χ3n) is 11.0. The molecule has 1 aromatic rings. The van der Waals surface area contributed by atoms with E-state index < -0.39 is 90.8 Å². The van der Waals surface area contributed by atoms with Crippen LogP contribution in [-0.2, 0) is 44.7 Å². The summed E-state index contributed by atoms with van der Waals surface area (Å²) >= 11 is 0. The Morgan fingerprint density at radius 1 is 0.619 bits per heavy atom. The number of ether oxygens (including phenoxy) is 4. The summed E-state index contributed by atoms with van der Waals surface area (Å²) in [5.74, 6) is -3.20. The number of nitrogens with zero attached hydrogens (tertiary/aromatic N) is 3. The lowest BCUT2D eigenvalue weighted by atomic mass is 10.0. The largest absolute Gasteiger partial charge is 0.457 e.